The number of carbonyl (C=O) groups is 2. The maximum atomic E-state index is 12.2. The number of nitrogens with one attached hydrogen (secondary N) is 2. The van der Waals surface area contributed by atoms with Crippen molar-refractivity contribution in [1.29, 1.82) is 0 Å². The van der Waals surface area contributed by atoms with Crippen molar-refractivity contribution in [2.45, 2.75) is 25.9 Å². The van der Waals surface area contributed by atoms with Gasteiger partial charge in [-0.05, 0) is 19.1 Å². The quantitative estimate of drug-likeness (QED) is 0.843. The van der Waals surface area contributed by atoms with Crippen molar-refractivity contribution in [3.05, 3.63) is 30.0 Å². The van der Waals surface area contributed by atoms with Crippen LogP contribution in [-0.4, -0.2) is 26.6 Å². The van der Waals surface area contributed by atoms with E-state index in [1.165, 1.54) is 10.9 Å². The van der Waals surface area contributed by atoms with Crippen molar-refractivity contribution in [3.63, 3.8) is 0 Å². The van der Waals surface area contributed by atoms with Gasteiger partial charge in [0.1, 0.15) is 17.6 Å². The number of nitrogens with zero attached hydrogens (tertiary/aromatic N) is 3. The zero-order valence-electron chi connectivity index (χ0n) is 10.8. The summed E-state index contributed by atoms with van der Waals surface area (Å²) in [7, 11) is 0. The summed E-state index contributed by atoms with van der Waals surface area (Å²) < 4.78 is 6.58. The Morgan fingerprint density at radius 3 is 3.25 bits per heavy atom. The molecule has 20 heavy (non-hydrogen) atoms. The molecule has 8 nitrogen and oxygen atoms in total. The van der Waals surface area contributed by atoms with Gasteiger partial charge in [-0.3, -0.25) is 14.9 Å². The molecule has 0 unspecified atom stereocenters. The molecule has 0 aliphatic carbocycles. The number of aromatic nitrogens is 3. The highest BCUT2D eigenvalue weighted by Gasteiger charge is 2.32. The smallest absolute Gasteiger partial charge is 0.245 e. The maximum Gasteiger partial charge on any atom is 0.245 e. The minimum absolute atomic E-state index is 0.0415. The van der Waals surface area contributed by atoms with E-state index in [0.29, 0.717) is 17.5 Å². The molecule has 1 atom stereocenters. The summed E-state index contributed by atoms with van der Waals surface area (Å²) in [5.41, 5.74) is 0. The molecular formula is C12H13N5O3. The van der Waals surface area contributed by atoms with E-state index in [-0.39, 0.29) is 24.8 Å². The van der Waals surface area contributed by atoms with Crippen LogP contribution in [0.3, 0.4) is 0 Å². The second kappa shape index (κ2) is 4.80. The molecule has 0 aromatic carbocycles. The molecule has 2 aromatic rings. The van der Waals surface area contributed by atoms with E-state index >= 15 is 0 Å². The molecule has 3 heterocycles. The largest absolute Gasteiger partial charge is 0.467 e. The Kier molecular flexibility index (Phi) is 2.97. The zero-order chi connectivity index (χ0) is 14.1. The van der Waals surface area contributed by atoms with E-state index in [2.05, 4.69) is 20.7 Å². The second-order valence-corrected chi connectivity index (χ2v) is 4.49. The van der Waals surface area contributed by atoms with E-state index in [9.17, 15) is 9.59 Å². The summed E-state index contributed by atoms with van der Waals surface area (Å²) in [6, 6.07) is 2.82. The van der Waals surface area contributed by atoms with Gasteiger partial charge in [0, 0.05) is 0 Å². The Balaban J connectivity index is 1.75. The van der Waals surface area contributed by atoms with Gasteiger partial charge >= 0.3 is 0 Å². The Hall–Kier alpha value is -2.64. The summed E-state index contributed by atoms with van der Waals surface area (Å²) in [4.78, 5) is 27.8. The first-order chi connectivity index (χ1) is 9.63. The Labute approximate surface area is 114 Å². The summed E-state index contributed by atoms with van der Waals surface area (Å²) >= 11 is 0. The number of amides is 2. The minimum atomic E-state index is -0.685. The number of fused-ring (bicyclic) bond motifs is 1. The Morgan fingerprint density at radius 1 is 1.65 bits per heavy atom. The topological polar surface area (TPSA) is 102 Å². The SMILES string of the molecule is Cc1nc2n(n1)[C@@H](C(=O)NCc1ccco1)CC(=O)N2. The van der Waals surface area contributed by atoms with Crippen LogP contribution in [0.5, 0.6) is 0 Å². The van der Waals surface area contributed by atoms with Crippen molar-refractivity contribution in [1.82, 2.24) is 20.1 Å². The lowest BCUT2D eigenvalue weighted by Gasteiger charge is -2.22. The lowest BCUT2D eigenvalue weighted by molar-refractivity contribution is -0.129. The van der Waals surface area contributed by atoms with Crippen LogP contribution in [0, 0.1) is 6.92 Å². The first-order valence-electron chi connectivity index (χ1n) is 6.16. The molecule has 0 saturated carbocycles. The molecule has 1 aliphatic heterocycles. The van der Waals surface area contributed by atoms with Gasteiger partial charge in [-0.25, -0.2) is 4.68 Å². The molecule has 0 saturated heterocycles. The lowest BCUT2D eigenvalue weighted by Crippen LogP contribution is -2.39. The third kappa shape index (κ3) is 2.27. The van der Waals surface area contributed by atoms with Crippen LogP contribution in [0.25, 0.3) is 0 Å². The molecule has 3 rings (SSSR count). The molecule has 104 valence electrons. The number of hydrogen-bond acceptors (Lipinski definition) is 5. The number of aryl methyl sites for hydroxylation is 1. The van der Waals surface area contributed by atoms with Crippen LogP contribution in [0.2, 0.25) is 0 Å². The van der Waals surface area contributed by atoms with E-state index in [1.807, 2.05) is 0 Å². The first kappa shape index (κ1) is 12.4. The van der Waals surface area contributed by atoms with Crippen LogP contribution >= 0.6 is 0 Å². The van der Waals surface area contributed by atoms with Gasteiger partial charge in [-0.2, -0.15) is 10.1 Å². The van der Waals surface area contributed by atoms with Gasteiger partial charge in [0.25, 0.3) is 0 Å². The number of hydrogen-bond donors (Lipinski definition) is 2. The number of rotatable bonds is 3. The van der Waals surface area contributed by atoms with Crippen LogP contribution in [0.15, 0.2) is 22.8 Å². The molecular weight excluding hydrogens is 262 g/mol. The van der Waals surface area contributed by atoms with Gasteiger partial charge in [0.05, 0.1) is 19.2 Å². The van der Waals surface area contributed by atoms with Crippen LogP contribution in [0.1, 0.15) is 24.0 Å². The van der Waals surface area contributed by atoms with Crippen molar-refractivity contribution >= 4 is 17.8 Å². The highest BCUT2D eigenvalue weighted by Crippen LogP contribution is 2.22. The fourth-order valence-electron chi connectivity index (χ4n) is 2.08. The van der Waals surface area contributed by atoms with Crippen molar-refractivity contribution < 1.29 is 14.0 Å². The zero-order valence-corrected chi connectivity index (χ0v) is 10.8. The molecule has 8 heteroatoms. The third-order valence-corrected chi connectivity index (χ3v) is 2.98. The van der Waals surface area contributed by atoms with Gasteiger partial charge in [0.15, 0.2) is 0 Å². The summed E-state index contributed by atoms with van der Waals surface area (Å²) in [6.07, 6.45) is 1.58. The molecule has 2 aromatic heterocycles. The van der Waals surface area contributed by atoms with Gasteiger partial charge in [-0.15, -0.1) is 0 Å². The van der Waals surface area contributed by atoms with Crippen LogP contribution < -0.4 is 10.6 Å². The van der Waals surface area contributed by atoms with Crippen LogP contribution in [-0.2, 0) is 16.1 Å². The third-order valence-electron chi connectivity index (χ3n) is 2.98. The molecule has 2 N–H and O–H groups in total. The van der Waals surface area contributed by atoms with Gasteiger partial charge < -0.3 is 9.73 Å². The molecule has 0 radical (unpaired) electrons. The van der Waals surface area contributed by atoms with Gasteiger partial charge in [0.2, 0.25) is 17.8 Å². The van der Waals surface area contributed by atoms with E-state index in [1.54, 1.807) is 19.1 Å². The number of anilines is 1. The fraction of sp³-hybridized carbons (Fsp3) is 0.333. The highest BCUT2D eigenvalue weighted by atomic mass is 16.3. The first-order valence-corrected chi connectivity index (χ1v) is 6.16. The van der Waals surface area contributed by atoms with E-state index in [4.69, 9.17) is 4.42 Å². The predicted molar refractivity (Wildman–Crippen MR) is 67.6 cm³/mol. The molecule has 0 fully saturated rings. The lowest BCUT2D eigenvalue weighted by atomic mass is 10.1. The minimum Gasteiger partial charge on any atom is -0.467 e. The average molecular weight is 275 g/mol. The van der Waals surface area contributed by atoms with Gasteiger partial charge in [-0.1, -0.05) is 0 Å². The maximum absolute atomic E-state index is 12.2. The normalized spacial score (nSPS) is 17.4. The van der Waals surface area contributed by atoms with Crippen molar-refractivity contribution in [2.75, 3.05) is 5.32 Å². The fourth-order valence-corrected chi connectivity index (χ4v) is 2.08. The van der Waals surface area contributed by atoms with E-state index < -0.39 is 6.04 Å². The average Bonchev–Trinajstić information content (AvgIpc) is 3.03. The van der Waals surface area contributed by atoms with Crippen molar-refractivity contribution in [2.24, 2.45) is 0 Å². The Bertz CT molecular complexity index is 646. The van der Waals surface area contributed by atoms with Crippen LogP contribution in [0.4, 0.5) is 5.95 Å². The standard InChI is InChI=1S/C12H13N5O3/c1-7-14-12-15-10(18)5-9(17(12)16-7)11(19)13-6-8-3-2-4-20-8/h2-4,9H,5-6H2,1H3,(H,13,19)(H,14,15,16,18)/t9-/m1/s1. The van der Waals surface area contributed by atoms with Crippen molar-refractivity contribution in [3.8, 4) is 0 Å². The molecule has 0 bridgehead atoms. The summed E-state index contributed by atoms with van der Waals surface area (Å²) in [6.45, 7) is 1.97. The molecule has 1 aliphatic rings. The number of carbonyl (C=O) groups excluding carboxylic acids is 2. The monoisotopic (exact) mass is 275 g/mol. The van der Waals surface area contributed by atoms with E-state index in [0.717, 1.165) is 0 Å². The predicted octanol–water partition coefficient (Wildman–Crippen LogP) is 0.379. The Morgan fingerprint density at radius 2 is 2.50 bits per heavy atom. The summed E-state index contributed by atoms with van der Waals surface area (Å²) in [5, 5.41) is 9.45. The second-order valence-electron chi connectivity index (χ2n) is 4.49. The number of furan rings is 1. The molecule has 2 amide bonds. The molecule has 0 spiro atoms. The highest BCUT2D eigenvalue weighted by molar-refractivity contribution is 5.96. The summed E-state index contributed by atoms with van der Waals surface area (Å²) in [5.74, 6) is 0.919.